The van der Waals surface area contributed by atoms with Gasteiger partial charge in [0.25, 0.3) is 0 Å². The average molecular weight is 470 g/mol. The molecule has 1 heterocycles. The van der Waals surface area contributed by atoms with E-state index in [2.05, 4.69) is 9.47 Å². The zero-order valence-electron chi connectivity index (χ0n) is 15.7. The van der Waals surface area contributed by atoms with Crippen molar-refractivity contribution in [2.75, 3.05) is 0 Å². The van der Waals surface area contributed by atoms with E-state index in [0.29, 0.717) is 0 Å². The van der Waals surface area contributed by atoms with Gasteiger partial charge in [0.05, 0.1) is 0 Å². The second-order valence-corrected chi connectivity index (χ2v) is 7.53. The topological polar surface area (TPSA) is 55.8 Å². The highest BCUT2D eigenvalue weighted by atomic mass is 19.4. The summed E-state index contributed by atoms with van der Waals surface area (Å²) in [5.74, 6) is -14.2. The lowest BCUT2D eigenvalue weighted by Crippen LogP contribution is -2.78. The summed E-state index contributed by atoms with van der Waals surface area (Å²) in [6.07, 6.45) is -21.2. The van der Waals surface area contributed by atoms with Crippen LogP contribution < -0.4 is 0 Å². The molecule has 1 N–H and O–H groups in total. The van der Waals surface area contributed by atoms with E-state index in [0.717, 1.165) is 6.92 Å². The molecule has 1 fully saturated rings. The Morgan fingerprint density at radius 1 is 1.00 bits per heavy atom. The molecule has 30 heavy (non-hydrogen) atoms. The predicted octanol–water partition coefficient (Wildman–Crippen LogP) is 4.89. The number of carbonyl (C=O) groups excluding carboxylic acids is 1. The number of alkyl halides is 11. The number of aliphatic hydroxyl groups is 1. The maximum atomic E-state index is 14.7. The molecule has 0 aromatic rings. The van der Waals surface area contributed by atoms with E-state index in [-0.39, 0.29) is 20.8 Å². The van der Waals surface area contributed by atoms with Gasteiger partial charge in [-0.3, -0.25) is 4.79 Å². The van der Waals surface area contributed by atoms with Gasteiger partial charge in [0.1, 0.15) is 0 Å². The highest BCUT2D eigenvalue weighted by molar-refractivity contribution is 5.78. The molecule has 1 saturated heterocycles. The Bertz CT molecular complexity index is 686. The van der Waals surface area contributed by atoms with Crippen LogP contribution in [0.15, 0.2) is 0 Å². The molecule has 0 aromatic heterocycles. The van der Waals surface area contributed by atoms with E-state index in [1.807, 2.05) is 0 Å². The first-order valence-corrected chi connectivity index (χ1v) is 8.09. The molecule has 0 saturated carbocycles. The summed E-state index contributed by atoms with van der Waals surface area (Å²) in [7, 11) is 0. The fraction of sp³-hybridized carbons (Fsp3) is 0.933. The standard InChI is InChI=1S/C15H17F11O4/c1-5-8(2,13(18,19)20)7(27)29-9(3)6-10(4,14(21,22)23)30-12(28,11(9,16)17)15(24,25)26/h28H,5-6H2,1-4H3. The van der Waals surface area contributed by atoms with Gasteiger partial charge >= 0.3 is 36.2 Å². The summed E-state index contributed by atoms with van der Waals surface area (Å²) >= 11 is 0. The summed E-state index contributed by atoms with van der Waals surface area (Å²) in [6.45, 7) is 0.661. The quantitative estimate of drug-likeness (QED) is 0.472. The van der Waals surface area contributed by atoms with Crippen LogP contribution in [0.3, 0.4) is 0 Å². The number of hydrogen-bond donors (Lipinski definition) is 1. The number of carbonyl (C=O) groups is 1. The van der Waals surface area contributed by atoms with Crippen molar-refractivity contribution in [3.8, 4) is 0 Å². The second kappa shape index (κ2) is 6.81. The van der Waals surface area contributed by atoms with Crippen LogP contribution in [0.5, 0.6) is 0 Å². The Morgan fingerprint density at radius 3 is 1.73 bits per heavy atom. The molecule has 15 heteroatoms. The first-order valence-electron chi connectivity index (χ1n) is 8.09. The lowest BCUT2D eigenvalue weighted by molar-refractivity contribution is -0.514. The minimum Gasteiger partial charge on any atom is -0.452 e. The summed E-state index contributed by atoms with van der Waals surface area (Å²) in [5.41, 5.74) is -11.9. The van der Waals surface area contributed by atoms with Crippen LogP contribution in [0.4, 0.5) is 48.3 Å². The molecule has 178 valence electrons. The van der Waals surface area contributed by atoms with E-state index < -0.39 is 65.7 Å². The maximum Gasteiger partial charge on any atom is 0.449 e. The summed E-state index contributed by atoms with van der Waals surface area (Å²) in [4.78, 5) is 12.1. The minimum atomic E-state index is -6.56. The first kappa shape index (κ1) is 26.7. The summed E-state index contributed by atoms with van der Waals surface area (Å²) in [6, 6.07) is 0. The molecule has 0 spiro atoms. The first-order chi connectivity index (χ1) is 12.9. The van der Waals surface area contributed by atoms with Gasteiger partial charge in [0.15, 0.2) is 16.6 Å². The predicted molar refractivity (Wildman–Crippen MR) is 75.1 cm³/mol. The lowest BCUT2D eigenvalue weighted by Gasteiger charge is -2.55. The zero-order valence-corrected chi connectivity index (χ0v) is 15.7. The van der Waals surface area contributed by atoms with E-state index in [9.17, 15) is 58.2 Å². The fourth-order valence-corrected chi connectivity index (χ4v) is 2.81. The zero-order chi connectivity index (χ0) is 24.4. The lowest BCUT2D eigenvalue weighted by atomic mass is 9.76. The highest BCUT2D eigenvalue weighted by Crippen LogP contribution is 2.60. The van der Waals surface area contributed by atoms with Gasteiger partial charge in [0.2, 0.25) is 0 Å². The van der Waals surface area contributed by atoms with Crippen molar-refractivity contribution < 1.29 is 67.7 Å². The Kier molecular flexibility index (Phi) is 6.05. The Hall–Kier alpha value is -1.38. The number of hydrogen-bond acceptors (Lipinski definition) is 4. The van der Waals surface area contributed by atoms with Gasteiger partial charge in [-0.25, -0.2) is 0 Å². The third-order valence-corrected chi connectivity index (χ3v) is 5.22. The van der Waals surface area contributed by atoms with Gasteiger partial charge in [-0.15, -0.1) is 0 Å². The molecule has 0 aliphatic carbocycles. The third kappa shape index (κ3) is 3.60. The molecule has 1 rings (SSSR count). The summed E-state index contributed by atoms with van der Waals surface area (Å²) in [5, 5.41) is 9.49. The third-order valence-electron chi connectivity index (χ3n) is 5.22. The Labute approximate surface area is 162 Å². The van der Waals surface area contributed by atoms with Gasteiger partial charge in [-0.05, 0) is 27.2 Å². The van der Waals surface area contributed by atoms with Crippen LogP contribution in [0.25, 0.3) is 0 Å². The molecule has 1 aliphatic rings. The molecule has 0 radical (unpaired) electrons. The van der Waals surface area contributed by atoms with E-state index in [4.69, 9.17) is 0 Å². The fourth-order valence-electron chi connectivity index (χ4n) is 2.81. The van der Waals surface area contributed by atoms with Gasteiger partial charge in [0, 0.05) is 6.42 Å². The molecule has 4 atom stereocenters. The van der Waals surface area contributed by atoms with Gasteiger partial charge in [-0.2, -0.15) is 48.3 Å². The SMILES string of the molecule is CCC(C)(C(=O)OC1(C)CC(C)(C(F)(F)F)OC(O)(C(F)(F)F)C1(F)F)C(F)(F)F. The van der Waals surface area contributed by atoms with Crippen LogP contribution in [0, 0.1) is 5.41 Å². The van der Waals surface area contributed by atoms with Crippen molar-refractivity contribution in [1.29, 1.82) is 0 Å². The Balaban J connectivity index is 3.69. The van der Waals surface area contributed by atoms with Crippen molar-refractivity contribution in [3.05, 3.63) is 0 Å². The number of esters is 1. The smallest absolute Gasteiger partial charge is 0.449 e. The minimum absolute atomic E-state index is 0.138. The van der Waals surface area contributed by atoms with Crippen LogP contribution in [0.2, 0.25) is 0 Å². The maximum absolute atomic E-state index is 14.7. The molecule has 4 nitrogen and oxygen atoms in total. The van der Waals surface area contributed by atoms with Crippen molar-refractivity contribution in [2.45, 2.75) is 82.0 Å². The summed E-state index contributed by atoms with van der Waals surface area (Å²) < 4.78 is 156. The molecule has 0 aromatic carbocycles. The molecule has 0 bridgehead atoms. The monoisotopic (exact) mass is 470 g/mol. The van der Waals surface area contributed by atoms with Crippen LogP contribution in [-0.4, -0.2) is 52.5 Å². The molecule has 1 aliphatic heterocycles. The normalized spacial score (nSPS) is 34.9. The average Bonchev–Trinajstić information content (AvgIpc) is 2.48. The number of ether oxygens (including phenoxy) is 2. The van der Waals surface area contributed by atoms with Crippen molar-refractivity contribution in [1.82, 2.24) is 0 Å². The van der Waals surface area contributed by atoms with Crippen LogP contribution in [-0.2, 0) is 14.3 Å². The van der Waals surface area contributed by atoms with E-state index >= 15 is 0 Å². The number of halogens is 11. The molecule has 4 unspecified atom stereocenters. The molecular weight excluding hydrogens is 453 g/mol. The van der Waals surface area contributed by atoms with Crippen LogP contribution in [0.1, 0.15) is 40.5 Å². The Morgan fingerprint density at radius 2 is 1.43 bits per heavy atom. The van der Waals surface area contributed by atoms with Crippen LogP contribution >= 0.6 is 0 Å². The number of rotatable bonds is 3. The van der Waals surface area contributed by atoms with Gasteiger partial charge < -0.3 is 14.6 Å². The van der Waals surface area contributed by atoms with Crippen molar-refractivity contribution >= 4 is 5.97 Å². The second-order valence-electron chi connectivity index (χ2n) is 7.53. The van der Waals surface area contributed by atoms with Crippen molar-refractivity contribution in [3.63, 3.8) is 0 Å². The largest absolute Gasteiger partial charge is 0.452 e. The van der Waals surface area contributed by atoms with Gasteiger partial charge in [-0.1, -0.05) is 6.92 Å². The molecular formula is C15H17F11O4. The van der Waals surface area contributed by atoms with E-state index in [1.54, 1.807) is 0 Å². The van der Waals surface area contributed by atoms with Crippen molar-refractivity contribution in [2.24, 2.45) is 5.41 Å². The van der Waals surface area contributed by atoms with E-state index in [1.165, 1.54) is 0 Å². The highest BCUT2D eigenvalue weighted by Gasteiger charge is 2.85. The molecule has 0 amide bonds.